The van der Waals surface area contributed by atoms with Crippen molar-refractivity contribution in [3.63, 3.8) is 0 Å². The second-order valence-corrected chi connectivity index (χ2v) is 2.15. The quantitative estimate of drug-likeness (QED) is 0.264. The monoisotopic (exact) mass is 161 g/mol. The summed E-state index contributed by atoms with van der Waals surface area (Å²) < 4.78 is 32.0. The molecular weight excluding hydrogens is 157 g/mol. The van der Waals surface area contributed by atoms with Gasteiger partial charge in [0.1, 0.15) is 0 Å². The SMILES string of the molecule is O=[PH](O)ON[SH](=O)=O. The molecule has 8 heteroatoms. The molecule has 0 aromatic carbocycles. The Kier molecular flexibility index (Phi) is 4.02. The van der Waals surface area contributed by atoms with Crippen LogP contribution >= 0.6 is 8.25 Å². The molecular formula is H4NO5PS. The second kappa shape index (κ2) is 3.99. The van der Waals surface area contributed by atoms with Crippen LogP contribution in [0.5, 0.6) is 0 Å². The maximum absolute atomic E-state index is 9.54. The molecule has 0 aliphatic rings. The molecule has 8 heavy (non-hydrogen) atoms. The minimum atomic E-state index is -3.17. The molecule has 0 aromatic heterocycles. The topological polar surface area (TPSA) is 92.7 Å². The highest BCUT2D eigenvalue weighted by atomic mass is 32.2. The van der Waals surface area contributed by atoms with Crippen molar-refractivity contribution in [2.75, 3.05) is 0 Å². The van der Waals surface area contributed by atoms with Crippen LogP contribution in [0, 0.1) is 0 Å². The summed E-state index contributed by atoms with van der Waals surface area (Å²) in [6.07, 6.45) is 0. The molecule has 0 aliphatic carbocycles. The first-order valence-electron chi connectivity index (χ1n) is 1.42. The Morgan fingerprint density at radius 2 is 2.12 bits per heavy atom. The summed E-state index contributed by atoms with van der Waals surface area (Å²) in [7, 11) is -6.11. The molecule has 0 saturated carbocycles. The molecule has 6 nitrogen and oxygen atoms in total. The third-order valence-electron chi connectivity index (χ3n) is 0.207. The largest absolute Gasteiger partial charge is 0.333 e. The predicted molar refractivity (Wildman–Crippen MR) is 25.8 cm³/mol. The second-order valence-electron chi connectivity index (χ2n) is 0.716. The first-order chi connectivity index (χ1) is 3.63. The molecule has 1 atom stereocenters. The van der Waals surface area contributed by atoms with Crippen molar-refractivity contribution >= 4 is 19.1 Å². The van der Waals surface area contributed by atoms with E-state index in [4.69, 9.17) is 4.89 Å². The van der Waals surface area contributed by atoms with Crippen LogP contribution in [0.15, 0.2) is 0 Å². The van der Waals surface area contributed by atoms with Gasteiger partial charge >= 0.3 is 8.25 Å². The van der Waals surface area contributed by atoms with Crippen molar-refractivity contribution in [3.8, 4) is 0 Å². The van der Waals surface area contributed by atoms with Gasteiger partial charge in [0, 0.05) is 0 Å². The van der Waals surface area contributed by atoms with Crippen LogP contribution in [0.2, 0.25) is 0 Å². The molecule has 0 amide bonds. The summed E-state index contributed by atoms with van der Waals surface area (Å²) >= 11 is 0. The van der Waals surface area contributed by atoms with Gasteiger partial charge in [-0.15, -0.1) is 0 Å². The summed E-state index contributed by atoms with van der Waals surface area (Å²) in [6.45, 7) is 0. The van der Waals surface area contributed by atoms with Crippen LogP contribution in [-0.4, -0.2) is 13.3 Å². The molecule has 50 valence electrons. The number of hydrogen-bond donors (Lipinski definition) is 3. The third kappa shape index (κ3) is 6.06. The zero-order valence-corrected chi connectivity index (χ0v) is 5.42. The lowest BCUT2D eigenvalue weighted by Crippen LogP contribution is -2.05. The zero-order valence-electron chi connectivity index (χ0n) is 3.53. The van der Waals surface area contributed by atoms with Gasteiger partial charge in [-0.2, -0.15) is 0 Å². The Bertz CT molecular complexity index is 141. The minimum Gasteiger partial charge on any atom is -0.325 e. The van der Waals surface area contributed by atoms with Gasteiger partial charge in [0.15, 0.2) is 0 Å². The first-order valence-corrected chi connectivity index (χ1v) is 3.87. The molecule has 0 heterocycles. The van der Waals surface area contributed by atoms with E-state index in [2.05, 4.69) is 4.62 Å². The molecule has 2 N–H and O–H groups in total. The molecule has 0 rings (SSSR count). The molecule has 0 aliphatic heterocycles. The zero-order chi connectivity index (χ0) is 6.57. The average Bonchev–Trinajstić information content (AvgIpc) is 1.61. The van der Waals surface area contributed by atoms with E-state index < -0.39 is 19.1 Å². The predicted octanol–water partition coefficient (Wildman–Crippen LogP) is -1.58. The number of thiol groups is 1. The van der Waals surface area contributed by atoms with E-state index in [-0.39, 0.29) is 0 Å². The third-order valence-corrected chi connectivity index (χ3v) is 0.896. The summed E-state index contributed by atoms with van der Waals surface area (Å²) in [5, 5.41) is 0. The molecule has 0 aromatic rings. The molecule has 0 bridgehead atoms. The maximum Gasteiger partial charge on any atom is 0.333 e. The van der Waals surface area contributed by atoms with E-state index in [0.29, 0.717) is 0 Å². The van der Waals surface area contributed by atoms with Crippen molar-refractivity contribution in [1.82, 2.24) is 4.89 Å². The van der Waals surface area contributed by atoms with E-state index in [1.54, 1.807) is 0 Å². The van der Waals surface area contributed by atoms with E-state index in [0.717, 1.165) is 0 Å². The molecule has 0 fully saturated rings. The summed E-state index contributed by atoms with van der Waals surface area (Å²) in [5.74, 6) is 0. The fourth-order valence-corrected chi connectivity index (χ4v) is 0.687. The summed E-state index contributed by atoms with van der Waals surface area (Å²) in [4.78, 5) is 9.08. The Morgan fingerprint density at radius 3 is 2.25 bits per heavy atom. The van der Waals surface area contributed by atoms with Crippen LogP contribution in [0.1, 0.15) is 0 Å². The Balaban J connectivity index is 3.32. The summed E-state index contributed by atoms with van der Waals surface area (Å²) in [5.41, 5.74) is 0. The first kappa shape index (κ1) is 8.06. The van der Waals surface area contributed by atoms with Crippen LogP contribution in [0.25, 0.3) is 0 Å². The highest BCUT2D eigenvalue weighted by molar-refractivity contribution is 7.70. The van der Waals surface area contributed by atoms with Crippen molar-refractivity contribution in [3.05, 3.63) is 0 Å². The van der Waals surface area contributed by atoms with Gasteiger partial charge in [0.05, 0.1) is 0 Å². The van der Waals surface area contributed by atoms with Gasteiger partial charge in [-0.05, 0) is 0 Å². The normalized spacial score (nSPS) is 14.2. The van der Waals surface area contributed by atoms with Crippen molar-refractivity contribution < 1.29 is 22.5 Å². The molecule has 1 unspecified atom stereocenters. The minimum absolute atomic E-state index is 1.28. The smallest absolute Gasteiger partial charge is 0.325 e. The number of rotatable bonds is 3. The van der Waals surface area contributed by atoms with E-state index in [9.17, 15) is 13.0 Å². The van der Waals surface area contributed by atoms with Crippen LogP contribution < -0.4 is 4.89 Å². The summed E-state index contributed by atoms with van der Waals surface area (Å²) in [6, 6.07) is 0. The Labute approximate surface area is 47.5 Å². The van der Waals surface area contributed by atoms with Gasteiger partial charge in [0.25, 0.3) is 0 Å². The van der Waals surface area contributed by atoms with Gasteiger partial charge in [-0.3, -0.25) is 4.57 Å². The number of hydrogen-bond acceptors (Lipinski definition) is 4. The Hall–Kier alpha value is 0.0600. The van der Waals surface area contributed by atoms with Gasteiger partial charge in [-0.25, -0.2) is 13.0 Å². The van der Waals surface area contributed by atoms with Gasteiger partial charge in [0.2, 0.25) is 10.9 Å². The number of nitrogens with one attached hydrogen (secondary N) is 1. The lowest BCUT2D eigenvalue weighted by atomic mass is 13.5. The van der Waals surface area contributed by atoms with Gasteiger partial charge in [-0.1, -0.05) is 4.89 Å². The molecule has 0 spiro atoms. The van der Waals surface area contributed by atoms with E-state index in [1.165, 1.54) is 4.89 Å². The highest BCUT2D eigenvalue weighted by Crippen LogP contribution is 2.09. The van der Waals surface area contributed by atoms with Crippen LogP contribution in [0.4, 0.5) is 0 Å². The van der Waals surface area contributed by atoms with Crippen LogP contribution in [-0.2, 0) is 20.1 Å². The van der Waals surface area contributed by atoms with Crippen molar-refractivity contribution in [2.24, 2.45) is 0 Å². The molecule has 0 saturated heterocycles. The fraction of sp³-hybridized carbons (Fsp3) is 0. The molecule has 0 radical (unpaired) electrons. The van der Waals surface area contributed by atoms with Gasteiger partial charge < -0.3 is 4.89 Å². The van der Waals surface area contributed by atoms with Crippen molar-refractivity contribution in [1.29, 1.82) is 0 Å². The van der Waals surface area contributed by atoms with Crippen LogP contribution in [0.3, 0.4) is 0 Å². The van der Waals surface area contributed by atoms with E-state index >= 15 is 0 Å². The highest BCUT2D eigenvalue weighted by Gasteiger charge is 1.88. The van der Waals surface area contributed by atoms with Crippen molar-refractivity contribution in [2.45, 2.75) is 0 Å². The van der Waals surface area contributed by atoms with E-state index in [1.807, 2.05) is 0 Å². The lowest BCUT2D eigenvalue weighted by Gasteiger charge is -1.88. The Morgan fingerprint density at radius 1 is 1.62 bits per heavy atom. The maximum atomic E-state index is 9.54. The lowest BCUT2D eigenvalue weighted by molar-refractivity contribution is 0.247. The average molecular weight is 161 g/mol. The fourth-order valence-electron chi connectivity index (χ4n) is 0.0763. The standard InChI is InChI=1S/H4NO5PS/c2-7(3)6-1-8(4)5/h7-8H,(H,2,3)(H,1,4,5).